The monoisotopic (exact) mass is 307 g/mol. The molecule has 0 aliphatic rings. The van der Waals surface area contributed by atoms with Gasteiger partial charge in [0.2, 0.25) is 5.13 Å². The fourth-order valence-electron chi connectivity index (χ4n) is 1.64. The van der Waals surface area contributed by atoms with Crippen molar-refractivity contribution >= 4 is 16.5 Å². The molecule has 0 spiro atoms. The molecule has 0 aliphatic carbocycles. The highest BCUT2D eigenvalue weighted by atomic mass is 32.1. The molecule has 114 valence electrons. The molecule has 2 aromatic rings. The summed E-state index contributed by atoms with van der Waals surface area (Å²) in [5.74, 6) is 0.522. The molecular weight excluding hydrogens is 286 g/mol. The number of hydrogen-bond acceptors (Lipinski definition) is 6. The van der Waals surface area contributed by atoms with Crippen LogP contribution in [-0.2, 0) is 5.41 Å². The summed E-state index contributed by atoms with van der Waals surface area (Å²) in [5, 5.41) is 19.4. The number of rotatable bonds is 4. The Hall–Kier alpha value is -1.76. The van der Waals surface area contributed by atoms with E-state index in [9.17, 15) is 4.79 Å². The summed E-state index contributed by atoms with van der Waals surface area (Å²) in [6.07, 6.45) is 0. The smallest absolute Gasteiger partial charge is 0.274 e. The van der Waals surface area contributed by atoms with E-state index in [1.54, 1.807) is 6.07 Å². The van der Waals surface area contributed by atoms with Crippen molar-refractivity contribution in [2.24, 2.45) is 5.92 Å². The lowest BCUT2D eigenvalue weighted by atomic mass is 9.91. The molecule has 0 aliphatic heterocycles. The first-order valence-corrected chi connectivity index (χ1v) is 7.77. The van der Waals surface area contributed by atoms with Gasteiger partial charge in [-0.15, -0.1) is 10.2 Å². The van der Waals surface area contributed by atoms with Gasteiger partial charge in [-0.3, -0.25) is 4.79 Å². The second-order valence-electron chi connectivity index (χ2n) is 6.43. The van der Waals surface area contributed by atoms with E-state index in [4.69, 9.17) is 0 Å². The van der Waals surface area contributed by atoms with E-state index in [1.165, 1.54) is 11.3 Å². The number of nitrogens with one attached hydrogen (secondary N) is 2. The van der Waals surface area contributed by atoms with Gasteiger partial charge in [0.05, 0.1) is 11.3 Å². The molecule has 7 heteroatoms. The number of hydrogen-bond donors (Lipinski definition) is 2. The summed E-state index contributed by atoms with van der Waals surface area (Å²) in [4.78, 5) is 12.0. The van der Waals surface area contributed by atoms with Crippen molar-refractivity contribution in [3.05, 3.63) is 22.1 Å². The van der Waals surface area contributed by atoms with Gasteiger partial charge < -0.3 is 5.32 Å². The van der Waals surface area contributed by atoms with Gasteiger partial charge in [0, 0.05) is 12.0 Å². The second-order valence-corrected chi connectivity index (χ2v) is 7.41. The van der Waals surface area contributed by atoms with Crippen molar-refractivity contribution in [3.8, 4) is 10.6 Å². The van der Waals surface area contributed by atoms with E-state index in [-0.39, 0.29) is 11.0 Å². The molecule has 0 bridgehead atoms. The zero-order valence-electron chi connectivity index (χ0n) is 13.0. The molecular formula is C14H21N5OS. The van der Waals surface area contributed by atoms with Gasteiger partial charge in [0.1, 0.15) is 0 Å². The largest absolute Gasteiger partial charge is 0.360 e. The normalized spacial score (nSPS) is 11.9. The molecule has 0 fully saturated rings. The molecule has 0 aromatic carbocycles. The van der Waals surface area contributed by atoms with Gasteiger partial charge in [0.25, 0.3) is 5.56 Å². The maximum absolute atomic E-state index is 12.0. The molecule has 0 atom stereocenters. The Morgan fingerprint density at radius 3 is 2.67 bits per heavy atom. The first-order chi connectivity index (χ1) is 9.77. The van der Waals surface area contributed by atoms with E-state index in [1.807, 2.05) is 20.8 Å². The first kappa shape index (κ1) is 15.6. The summed E-state index contributed by atoms with van der Waals surface area (Å²) in [6, 6.07) is 1.80. The minimum Gasteiger partial charge on any atom is -0.360 e. The molecule has 2 aromatic heterocycles. The van der Waals surface area contributed by atoms with Gasteiger partial charge in [-0.1, -0.05) is 46.0 Å². The molecule has 2 rings (SSSR count). The lowest BCUT2D eigenvalue weighted by Gasteiger charge is -2.16. The highest BCUT2D eigenvalue weighted by Crippen LogP contribution is 2.27. The Labute approximate surface area is 128 Å². The third-order valence-electron chi connectivity index (χ3n) is 2.89. The average Bonchev–Trinajstić information content (AvgIpc) is 2.84. The van der Waals surface area contributed by atoms with Crippen molar-refractivity contribution in [2.45, 2.75) is 40.0 Å². The Kier molecular flexibility index (Phi) is 4.41. The van der Waals surface area contributed by atoms with E-state index < -0.39 is 0 Å². The molecule has 21 heavy (non-hydrogen) atoms. The van der Waals surface area contributed by atoms with E-state index >= 15 is 0 Å². The number of nitrogens with zero attached hydrogens (tertiary/aromatic N) is 3. The van der Waals surface area contributed by atoms with Crippen LogP contribution in [-0.4, -0.2) is 26.9 Å². The topological polar surface area (TPSA) is 83.6 Å². The van der Waals surface area contributed by atoms with Gasteiger partial charge >= 0.3 is 0 Å². The first-order valence-electron chi connectivity index (χ1n) is 6.95. The average molecular weight is 307 g/mol. The highest BCUT2D eigenvalue weighted by Gasteiger charge is 2.19. The zero-order valence-corrected chi connectivity index (χ0v) is 13.8. The Bertz CT molecular complexity index is 668. The SMILES string of the molecule is CC(C)CNc1nnc(-c2cc(C(C)(C)C)n[nH]c2=O)s1. The van der Waals surface area contributed by atoms with Crippen molar-refractivity contribution < 1.29 is 0 Å². The minimum absolute atomic E-state index is 0.137. The summed E-state index contributed by atoms with van der Waals surface area (Å²) < 4.78 is 0. The van der Waals surface area contributed by atoms with Crippen molar-refractivity contribution in [2.75, 3.05) is 11.9 Å². The molecule has 2 heterocycles. The molecule has 0 radical (unpaired) electrons. The predicted molar refractivity (Wildman–Crippen MR) is 85.8 cm³/mol. The van der Waals surface area contributed by atoms with E-state index in [2.05, 4.69) is 39.6 Å². The lowest BCUT2D eigenvalue weighted by Crippen LogP contribution is -2.20. The summed E-state index contributed by atoms with van der Waals surface area (Å²) in [7, 11) is 0. The van der Waals surface area contributed by atoms with Crippen LogP contribution in [0.4, 0.5) is 5.13 Å². The van der Waals surface area contributed by atoms with Crippen LogP contribution in [0, 0.1) is 5.92 Å². The molecule has 2 N–H and O–H groups in total. The molecule has 0 unspecified atom stereocenters. The second kappa shape index (κ2) is 5.93. The van der Waals surface area contributed by atoms with Crippen LogP contribution in [0.5, 0.6) is 0 Å². The fraction of sp³-hybridized carbons (Fsp3) is 0.571. The predicted octanol–water partition coefficient (Wildman–Crippen LogP) is 2.65. The summed E-state index contributed by atoms with van der Waals surface area (Å²) in [5.41, 5.74) is 0.964. The van der Waals surface area contributed by atoms with E-state index in [0.717, 1.165) is 17.4 Å². The number of anilines is 1. The van der Waals surface area contributed by atoms with Crippen LogP contribution in [0.3, 0.4) is 0 Å². The highest BCUT2D eigenvalue weighted by molar-refractivity contribution is 7.18. The van der Waals surface area contributed by atoms with Crippen molar-refractivity contribution in [1.82, 2.24) is 20.4 Å². The van der Waals surface area contributed by atoms with Crippen LogP contribution in [0.2, 0.25) is 0 Å². The lowest BCUT2D eigenvalue weighted by molar-refractivity contribution is 0.557. The summed E-state index contributed by atoms with van der Waals surface area (Å²) in [6.45, 7) is 11.2. The Morgan fingerprint density at radius 1 is 1.33 bits per heavy atom. The molecule has 0 amide bonds. The van der Waals surface area contributed by atoms with Crippen LogP contribution < -0.4 is 10.9 Å². The van der Waals surface area contributed by atoms with Gasteiger partial charge in [0.15, 0.2) is 5.01 Å². The van der Waals surface area contributed by atoms with Gasteiger partial charge in [-0.05, 0) is 12.0 Å². The Balaban J connectivity index is 2.32. The third-order valence-corrected chi connectivity index (χ3v) is 3.80. The number of aromatic nitrogens is 4. The maximum Gasteiger partial charge on any atom is 0.274 e. The molecule has 0 saturated carbocycles. The fourth-order valence-corrected chi connectivity index (χ4v) is 2.41. The standard InChI is InChI=1S/C14H21N5OS/c1-8(2)7-15-13-19-18-12(21-13)9-6-10(14(3,4)5)16-17-11(9)20/h6,8H,7H2,1-5H3,(H,15,19)(H,17,20). The molecule has 0 saturated heterocycles. The summed E-state index contributed by atoms with van der Waals surface area (Å²) >= 11 is 1.38. The molecule has 6 nitrogen and oxygen atoms in total. The van der Waals surface area contributed by atoms with Crippen molar-refractivity contribution in [1.29, 1.82) is 0 Å². The van der Waals surface area contributed by atoms with Crippen LogP contribution in [0.15, 0.2) is 10.9 Å². The van der Waals surface area contributed by atoms with Crippen molar-refractivity contribution in [3.63, 3.8) is 0 Å². The third kappa shape index (κ3) is 3.87. The van der Waals surface area contributed by atoms with Crippen LogP contribution >= 0.6 is 11.3 Å². The number of H-pyrrole nitrogens is 1. The minimum atomic E-state index is -0.241. The van der Waals surface area contributed by atoms with Crippen LogP contribution in [0.1, 0.15) is 40.3 Å². The maximum atomic E-state index is 12.0. The van der Waals surface area contributed by atoms with Crippen LogP contribution in [0.25, 0.3) is 10.6 Å². The zero-order chi connectivity index (χ0) is 15.6. The number of aromatic amines is 1. The van der Waals surface area contributed by atoms with E-state index in [0.29, 0.717) is 16.5 Å². The quantitative estimate of drug-likeness (QED) is 0.907. The Morgan fingerprint density at radius 2 is 2.05 bits per heavy atom. The van der Waals surface area contributed by atoms with Gasteiger partial charge in [-0.25, -0.2) is 5.10 Å². The van der Waals surface area contributed by atoms with Gasteiger partial charge in [-0.2, -0.15) is 5.10 Å².